The lowest BCUT2D eigenvalue weighted by molar-refractivity contribution is 0.238. The van der Waals surface area contributed by atoms with Crippen LogP contribution in [0.4, 0.5) is 0 Å². The molecule has 1 aliphatic heterocycles. The van der Waals surface area contributed by atoms with Crippen molar-refractivity contribution in [2.75, 3.05) is 13.8 Å². The second-order valence-electron chi connectivity index (χ2n) is 10.4. The lowest BCUT2D eigenvalue weighted by Gasteiger charge is -2.02. The Morgan fingerprint density at radius 3 is 0.971 bits per heavy atom. The van der Waals surface area contributed by atoms with Gasteiger partial charge in [0.25, 0.3) is 0 Å². The van der Waals surface area contributed by atoms with Gasteiger partial charge >= 0.3 is 0 Å². The molecule has 1 saturated heterocycles. The van der Waals surface area contributed by atoms with Crippen molar-refractivity contribution in [3.05, 3.63) is 69.9 Å². The van der Waals surface area contributed by atoms with Crippen LogP contribution in [0.25, 0.3) is 0 Å². The van der Waals surface area contributed by atoms with Gasteiger partial charge in [0, 0.05) is 7.05 Å². The van der Waals surface area contributed by atoms with Crippen LogP contribution in [0.2, 0.25) is 0 Å². The van der Waals surface area contributed by atoms with Crippen molar-refractivity contribution >= 4 is 0 Å². The second-order valence-corrected chi connectivity index (χ2v) is 10.4. The molecule has 1 heterocycles. The first kappa shape index (κ1) is 32.4. The lowest BCUT2D eigenvalue weighted by atomic mass is 10.0. The Hall–Kier alpha value is -1.64. The normalized spacial score (nSPS) is 16.6. The number of hydroxylamine groups is 2. The molecule has 0 amide bonds. The highest BCUT2D eigenvalue weighted by atomic mass is 16.8. The number of hydrogen-bond donors (Lipinski definition) is 0. The average molecular weight is 470 g/mol. The Balaban J connectivity index is 0.00000244. The quantitative estimate of drug-likeness (QED) is 0.135. The van der Waals surface area contributed by atoms with E-state index in [1.807, 2.05) is 7.05 Å². The largest absolute Gasteiger partial charge is 0.279 e. The van der Waals surface area contributed by atoms with Crippen molar-refractivity contribution in [3.8, 4) is 0 Å². The first-order valence-electron chi connectivity index (χ1n) is 13.3. The van der Waals surface area contributed by atoms with Crippen LogP contribution in [0.5, 0.6) is 0 Å². The van der Waals surface area contributed by atoms with Crippen molar-refractivity contribution in [3.63, 3.8) is 0 Å². The van der Waals surface area contributed by atoms with Crippen LogP contribution in [0.1, 0.15) is 120 Å². The molecule has 2 heteroatoms. The van der Waals surface area contributed by atoms with Gasteiger partial charge in [-0.3, -0.25) is 4.84 Å². The SMILES string of the molecule is CC(C)=CCC/C(C)=C/CCC(C)=CCC/C=C(\C)CC/C=C(\C)CCC=C(C)C.CN1CO1. The summed E-state index contributed by atoms with van der Waals surface area (Å²) < 4.78 is 0. The Bertz CT molecular complexity index is 660. The molecule has 1 aliphatic rings. The highest BCUT2D eigenvalue weighted by molar-refractivity contribution is 5.08. The van der Waals surface area contributed by atoms with E-state index in [0.717, 1.165) is 6.73 Å². The molecule has 0 aromatic rings. The molecule has 0 N–H and O–H groups in total. The summed E-state index contributed by atoms with van der Waals surface area (Å²) >= 11 is 0. The van der Waals surface area contributed by atoms with Crippen LogP contribution in [0.3, 0.4) is 0 Å². The molecule has 1 atom stereocenters. The Labute approximate surface area is 213 Å². The predicted molar refractivity (Wildman–Crippen MR) is 154 cm³/mol. The van der Waals surface area contributed by atoms with Gasteiger partial charge in [-0.2, -0.15) is 5.06 Å². The van der Waals surface area contributed by atoms with Gasteiger partial charge in [0.2, 0.25) is 0 Å². The van der Waals surface area contributed by atoms with E-state index in [0.29, 0.717) is 0 Å². The first-order valence-corrected chi connectivity index (χ1v) is 13.3. The third kappa shape index (κ3) is 25.0. The van der Waals surface area contributed by atoms with E-state index >= 15 is 0 Å². The predicted octanol–water partition coefficient (Wildman–Crippen LogP) is 10.4. The maximum absolute atomic E-state index is 4.54. The molecule has 1 rings (SSSR count). The highest BCUT2D eigenvalue weighted by Gasteiger charge is 2.08. The van der Waals surface area contributed by atoms with Gasteiger partial charge in [-0.05, 0) is 120 Å². The smallest absolute Gasteiger partial charge is 0.143 e. The number of rotatable bonds is 15. The summed E-state index contributed by atoms with van der Waals surface area (Å²) in [5, 5.41) is 1.75. The van der Waals surface area contributed by atoms with Crippen molar-refractivity contribution in [2.45, 2.75) is 120 Å². The molecule has 0 aliphatic carbocycles. The molecule has 0 radical (unpaired) electrons. The standard InChI is InChI=1S/C30H50.C2H5NO/c1-25(2)15-11-19-29(7)23-13-21-27(5)17-9-10-18-28(6)22-14-24-30(8)20-12-16-26(3)4;1-3-2-4-3/h15-18,23-24H,9-14,19-22H2,1-8H3;2H2,1H3/b27-17+,28-18?,29-23+,30-24+;. The Morgan fingerprint density at radius 2 is 0.735 bits per heavy atom. The molecule has 0 aromatic carbocycles. The second kappa shape index (κ2) is 20.7. The van der Waals surface area contributed by atoms with Crippen molar-refractivity contribution in [1.82, 2.24) is 5.06 Å². The van der Waals surface area contributed by atoms with Crippen LogP contribution in [0, 0.1) is 0 Å². The van der Waals surface area contributed by atoms with Gasteiger partial charge in [-0.1, -0.05) is 69.9 Å². The van der Waals surface area contributed by atoms with Crippen LogP contribution < -0.4 is 0 Å². The molecule has 0 bridgehead atoms. The van der Waals surface area contributed by atoms with Gasteiger partial charge in [0.1, 0.15) is 6.73 Å². The van der Waals surface area contributed by atoms with Gasteiger partial charge in [0.15, 0.2) is 0 Å². The molecule has 0 saturated carbocycles. The van der Waals surface area contributed by atoms with Crippen molar-refractivity contribution in [2.24, 2.45) is 0 Å². The maximum atomic E-state index is 4.54. The van der Waals surface area contributed by atoms with Crippen LogP contribution in [-0.4, -0.2) is 18.8 Å². The fraction of sp³-hybridized carbons (Fsp3) is 0.625. The van der Waals surface area contributed by atoms with E-state index in [1.165, 1.54) is 97.6 Å². The summed E-state index contributed by atoms with van der Waals surface area (Å²) in [6.45, 7) is 18.6. The zero-order valence-corrected chi connectivity index (χ0v) is 24.1. The summed E-state index contributed by atoms with van der Waals surface area (Å²) in [5.74, 6) is 0. The minimum atomic E-state index is 0.819. The molecular weight excluding hydrogens is 414 g/mol. The zero-order chi connectivity index (χ0) is 25.8. The number of unbranched alkanes of at least 4 members (excludes halogenated alkanes) is 1. The topological polar surface area (TPSA) is 15.5 Å². The van der Waals surface area contributed by atoms with E-state index < -0.39 is 0 Å². The molecule has 2 nitrogen and oxygen atoms in total. The van der Waals surface area contributed by atoms with E-state index in [-0.39, 0.29) is 0 Å². The van der Waals surface area contributed by atoms with E-state index in [9.17, 15) is 0 Å². The Kier molecular flexibility index (Phi) is 19.7. The average Bonchev–Trinajstić information content (AvgIpc) is 3.53. The molecule has 194 valence electrons. The third-order valence-corrected chi connectivity index (χ3v) is 5.79. The molecule has 0 spiro atoms. The number of nitrogens with zero attached hydrogens (tertiary/aromatic N) is 1. The van der Waals surface area contributed by atoms with E-state index in [4.69, 9.17) is 0 Å². The van der Waals surface area contributed by atoms with E-state index in [1.54, 1.807) is 5.06 Å². The number of hydrogen-bond acceptors (Lipinski definition) is 2. The number of allylic oxidation sites excluding steroid dienone is 12. The molecular formula is C32H55NO. The van der Waals surface area contributed by atoms with Crippen molar-refractivity contribution in [1.29, 1.82) is 0 Å². The summed E-state index contributed by atoms with van der Waals surface area (Å²) in [6.07, 6.45) is 26.2. The van der Waals surface area contributed by atoms with Gasteiger partial charge < -0.3 is 0 Å². The first-order chi connectivity index (χ1) is 16.1. The van der Waals surface area contributed by atoms with Crippen LogP contribution in [-0.2, 0) is 4.84 Å². The Morgan fingerprint density at radius 1 is 0.500 bits per heavy atom. The minimum Gasteiger partial charge on any atom is -0.279 e. The molecule has 1 unspecified atom stereocenters. The van der Waals surface area contributed by atoms with Gasteiger partial charge in [0.05, 0.1) is 0 Å². The van der Waals surface area contributed by atoms with Gasteiger partial charge in [-0.25, -0.2) is 0 Å². The molecule has 0 aromatic heterocycles. The minimum absolute atomic E-state index is 0.819. The highest BCUT2D eigenvalue weighted by Crippen LogP contribution is 2.14. The van der Waals surface area contributed by atoms with E-state index in [2.05, 4.69) is 96.7 Å². The monoisotopic (exact) mass is 469 g/mol. The van der Waals surface area contributed by atoms with Crippen molar-refractivity contribution < 1.29 is 4.84 Å². The third-order valence-electron chi connectivity index (χ3n) is 5.79. The summed E-state index contributed by atoms with van der Waals surface area (Å²) in [7, 11) is 1.89. The summed E-state index contributed by atoms with van der Waals surface area (Å²) in [4.78, 5) is 4.54. The fourth-order valence-corrected chi connectivity index (χ4v) is 3.39. The fourth-order valence-electron chi connectivity index (χ4n) is 3.39. The van der Waals surface area contributed by atoms with Crippen LogP contribution in [0.15, 0.2) is 69.9 Å². The maximum Gasteiger partial charge on any atom is 0.143 e. The lowest BCUT2D eigenvalue weighted by Crippen LogP contribution is -1.82. The molecule has 34 heavy (non-hydrogen) atoms. The van der Waals surface area contributed by atoms with Gasteiger partial charge in [-0.15, -0.1) is 0 Å². The molecule has 1 fully saturated rings. The van der Waals surface area contributed by atoms with Crippen LogP contribution >= 0.6 is 0 Å². The summed E-state index contributed by atoms with van der Waals surface area (Å²) in [5.41, 5.74) is 8.97. The zero-order valence-electron chi connectivity index (χ0n) is 24.1. The summed E-state index contributed by atoms with van der Waals surface area (Å²) in [6, 6.07) is 0.